The molecular weight excluding hydrogens is 819 g/mol. The van der Waals surface area contributed by atoms with E-state index in [-0.39, 0.29) is 178 Å². The first-order valence-corrected chi connectivity index (χ1v) is 11.2. The van der Waals surface area contributed by atoms with Crippen molar-refractivity contribution in [3.63, 3.8) is 0 Å². The minimum atomic E-state index is 0. The number of piperidine rings is 1. The molecule has 1 aliphatic rings. The number of anilines is 1. The molecule has 6 heteroatoms. The van der Waals surface area contributed by atoms with Gasteiger partial charge < -0.3 is 19.8 Å². The van der Waals surface area contributed by atoms with Crippen LogP contribution in [0.5, 0.6) is 0 Å². The molecule has 2 aromatic carbocycles. The van der Waals surface area contributed by atoms with E-state index in [1.807, 2.05) is 79.7 Å². The minimum Gasteiger partial charge on any atom is -0.358 e. The zero-order chi connectivity index (χ0) is 22.7. The van der Waals surface area contributed by atoms with Gasteiger partial charge in [0, 0.05) is 181 Å². The van der Waals surface area contributed by atoms with Crippen molar-refractivity contribution in [2.24, 2.45) is 0 Å². The summed E-state index contributed by atoms with van der Waals surface area (Å²) in [4.78, 5) is 2.16. The van der Waals surface area contributed by atoms with Crippen molar-refractivity contribution in [1.82, 2.24) is 0 Å². The number of nitrogens with zero attached hydrogens (tertiary/aromatic N) is 1. The second-order valence-electron chi connectivity index (χ2n) is 5.26. The summed E-state index contributed by atoms with van der Waals surface area (Å²) >= 11 is 0. The SMILES string of the molecule is C=C1CCC(=Cc2ccccc2)C(=C)N1c1ccccc1.CC.CC.CC.CC.[CH3-].[CH3-].[Y].[Y].[Y].[Y].[Y]. The molecule has 0 aromatic heterocycles. The fourth-order valence-corrected chi connectivity index (χ4v) is 2.69. The third-order valence-electron chi connectivity index (χ3n) is 3.79. The number of hydrogen-bond acceptors (Lipinski definition) is 1. The van der Waals surface area contributed by atoms with Gasteiger partial charge in [0.15, 0.2) is 0 Å². The van der Waals surface area contributed by atoms with Gasteiger partial charge in [-0.2, -0.15) is 0 Å². The van der Waals surface area contributed by atoms with Gasteiger partial charge in [0.1, 0.15) is 0 Å². The van der Waals surface area contributed by atoms with E-state index in [1.54, 1.807) is 0 Å². The molecular formula is C30H49NY5-2. The van der Waals surface area contributed by atoms with E-state index in [0.717, 1.165) is 29.9 Å². The minimum absolute atomic E-state index is 0. The molecule has 191 valence electrons. The van der Waals surface area contributed by atoms with Crippen LogP contribution in [0.3, 0.4) is 0 Å². The molecule has 0 N–H and O–H groups in total. The van der Waals surface area contributed by atoms with Gasteiger partial charge in [-0.3, -0.25) is 0 Å². The Bertz CT molecular complexity index is 702. The van der Waals surface area contributed by atoms with Gasteiger partial charge >= 0.3 is 0 Å². The number of allylic oxidation sites excluding steroid dienone is 2. The number of benzene rings is 2. The molecule has 5 radical (unpaired) electrons. The van der Waals surface area contributed by atoms with Crippen LogP contribution in [-0.2, 0) is 164 Å². The molecule has 0 amide bonds. The van der Waals surface area contributed by atoms with Crippen molar-refractivity contribution in [2.75, 3.05) is 4.90 Å². The molecule has 0 spiro atoms. The van der Waals surface area contributed by atoms with Crippen molar-refractivity contribution < 1.29 is 164 Å². The van der Waals surface area contributed by atoms with Gasteiger partial charge in [-0.1, -0.05) is 117 Å². The summed E-state index contributed by atoms with van der Waals surface area (Å²) < 4.78 is 0. The Kier molecular flexibility index (Phi) is 78.2. The largest absolute Gasteiger partial charge is 0.358 e. The zero-order valence-electron chi connectivity index (χ0n) is 25.0. The maximum absolute atomic E-state index is 4.30. The standard InChI is InChI=1S/C20H19N.4C2H6.2CH3.5Y/c1-16-13-14-19(15-18-9-5-3-6-10-18)17(2)21(16)20-11-7-4-8-12-20;4*1-2;;;;;;;/h3-12,15H,1-2,13-14H2;4*1-2H3;2*1H3;;;;;/q;;;;;2*-1;;;;;. The van der Waals surface area contributed by atoms with Gasteiger partial charge in [-0.15, -0.1) is 0 Å². The van der Waals surface area contributed by atoms with E-state index in [4.69, 9.17) is 0 Å². The second-order valence-corrected chi connectivity index (χ2v) is 5.26. The average molecular weight is 868 g/mol. The van der Waals surface area contributed by atoms with Gasteiger partial charge in [0.25, 0.3) is 0 Å². The Hall–Kier alpha value is 2.98. The number of para-hydroxylation sites is 1. The van der Waals surface area contributed by atoms with Crippen LogP contribution in [0.25, 0.3) is 6.08 Å². The van der Waals surface area contributed by atoms with Crippen molar-refractivity contribution >= 4 is 11.8 Å². The molecule has 36 heavy (non-hydrogen) atoms. The number of hydrogen-bond donors (Lipinski definition) is 0. The summed E-state index contributed by atoms with van der Waals surface area (Å²) in [6.07, 6.45) is 4.19. The molecule has 1 heterocycles. The third-order valence-corrected chi connectivity index (χ3v) is 3.79. The monoisotopic (exact) mass is 868 g/mol. The van der Waals surface area contributed by atoms with E-state index in [0.29, 0.717) is 0 Å². The molecule has 1 nitrogen and oxygen atoms in total. The van der Waals surface area contributed by atoms with Gasteiger partial charge in [0.2, 0.25) is 0 Å². The van der Waals surface area contributed by atoms with Gasteiger partial charge in [0.05, 0.1) is 0 Å². The van der Waals surface area contributed by atoms with Crippen molar-refractivity contribution in [2.45, 2.75) is 68.2 Å². The van der Waals surface area contributed by atoms with E-state index in [1.165, 1.54) is 11.1 Å². The average Bonchev–Trinajstić information content (AvgIpc) is 2.83. The molecule has 1 aliphatic heterocycles. The van der Waals surface area contributed by atoms with E-state index in [9.17, 15) is 0 Å². The molecule has 0 atom stereocenters. The second kappa shape index (κ2) is 45.0. The predicted molar refractivity (Wildman–Crippen MR) is 149 cm³/mol. The Morgan fingerprint density at radius 2 is 0.944 bits per heavy atom. The first kappa shape index (κ1) is 62.6. The maximum Gasteiger partial charge on any atom is 0.0457 e. The molecule has 0 aliphatic carbocycles. The smallest absolute Gasteiger partial charge is 0.0457 e. The molecule has 1 saturated heterocycles. The van der Waals surface area contributed by atoms with Gasteiger partial charge in [-0.05, 0) is 42.2 Å². The Labute approximate surface area is 353 Å². The first-order valence-electron chi connectivity index (χ1n) is 11.2. The van der Waals surface area contributed by atoms with Crippen molar-refractivity contribution in [3.05, 3.63) is 111 Å². The normalized spacial score (nSPS) is 10.8. The molecule has 0 bridgehead atoms. The van der Waals surface area contributed by atoms with Crippen LogP contribution in [-0.4, -0.2) is 0 Å². The summed E-state index contributed by atoms with van der Waals surface area (Å²) in [6, 6.07) is 20.7. The fourth-order valence-electron chi connectivity index (χ4n) is 2.69. The molecule has 2 aromatic rings. The van der Waals surface area contributed by atoms with Crippen LogP contribution < -0.4 is 4.90 Å². The molecule has 1 fully saturated rings. The summed E-state index contributed by atoms with van der Waals surface area (Å²) in [5.74, 6) is 0. The van der Waals surface area contributed by atoms with Crippen LogP contribution in [0.2, 0.25) is 0 Å². The topological polar surface area (TPSA) is 3.24 Å². The Balaban J connectivity index is -0.0000000637. The van der Waals surface area contributed by atoms with E-state index in [2.05, 4.69) is 60.5 Å². The van der Waals surface area contributed by atoms with Crippen LogP contribution in [0.1, 0.15) is 73.8 Å². The predicted octanol–water partition coefficient (Wildman–Crippen LogP) is 10.4. The number of rotatable bonds is 2. The summed E-state index contributed by atoms with van der Waals surface area (Å²) in [5.41, 5.74) is 5.76. The summed E-state index contributed by atoms with van der Waals surface area (Å²) in [6.45, 7) is 24.5. The summed E-state index contributed by atoms with van der Waals surface area (Å²) in [7, 11) is 0. The van der Waals surface area contributed by atoms with Gasteiger partial charge in [-0.25, -0.2) is 0 Å². The Morgan fingerprint density at radius 3 is 1.33 bits per heavy atom. The molecule has 0 unspecified atom stereocenters. The Morgan fingerprint density at radius 1 is 0.583 bits per heavy atom. The van der Waals surface area contributed by atoms with Crippen LogP contribution >= 0.6 is 0 Å². The quantitative estimate of drug-likeness (QED) is 0.272. The molecule has 3 rings (SSSR count). The van der Waals surface area contributed by atoms with Crippen molar-refractivity contribution in [3.8, 4) is 0 Å². The van der Waals surface area contributed by atoms with E-state index >= 15 is 0 Å². The first-order chi connectivity index (χ1) is 14.3. The zero-order valence-corrected chi connectivity index (χ0v) is 39.2. The maximum atomic E-state index is 4.30. The third kappa shape index (κ3) is 24.7. The van der Waals surface area contributed by atoms with Crippen LogP contribution in [0.4, 0.5) is 5.69 Å². The van der Waals surface area contributed by atoms with Crippen LogP contribution in [0.15, 0.2) is 90.8 Å². The van der Waals surface area contributed by atoms with Crippen LogP contribution in [0, 0.1) is 14.9 Å². The molecule has 0 saturated carbocycles. The van der Waals surface area contributed by atoms with E-state index < -0.39 is 0 Å². The summed E-state index contributed by atoms with van der Waals surface area (Å²) in [5, 5.41) is 0. The fraction of sp³-hybridized carbons (Fsp3) is 0.333. The van der Waals surface area contributed by atoms with Crippen molar-refractivity contribution in [1.29, 1.82) is 0 Å².